The molecule has 0 saturated carbocycles. The number of esters is 1. The van der Waals surface area contributed by atoms with Crippen molar-refractivity contribution in [1.29, 1.82) is 5.26 Å². The van der Waals surface area contributed by atoms with Gasteiger partial charge in [0, 0.05) is 29.4 Å². The van der Waals surface area contributed by atoms with Crippen LogP contribution in [0, 0.1) is 11.3 Å². The predicted molar refractivity (Wildman–Crippen MR) is 97.9 cm³/mol. The normalized spacial score (nSPS) is 11.5. The van der Waals surface area contributed by atoms with Crippen LogP contribution in [-0.2, 0) is 14.3 Å². The van der Waals surface area contributed by atoms with Gasteiger partial charge in [0.15, 0.2) is 12.7 Å². The Morgan fingerprint density at radius 2 is 1.92 bits per heavy atom. The van der Waals surface area contributed by atoms with Crippen molar-refractivity contribution in [2.75, 3.05) is 20.2 Å². The molecule has 0 aliphatic rings. The molecule has 2 aromatic rings. The SMILES string of the molecule is C[C@H](OC(=O)COc1ccc(Cl)c2ccccc12)C(=O)N(C)CCC#N. The fraction of sp³-hybridized carbons (Fsp3) is 0.316. The predicted octanol–water partition coefficient (Wildman–Crippen LogP) is 3.18. The zero-order valence-corrected chi connectivity index (χ0v) is 15.3. The van der Waals surface area contributed by atoms with Gasteiger partial charge in [0.1, 0.15) is 5.75 Å². The molecule has 1 atom stereocenters. The molecule has 0 bridgehead atoms. The number of hydrogen-bond acceptors (Lipinski definition) is 5. The molecule has 1 amide bonds. The van der Waals surface area contributed by atoms with Crippen LogP contribution in [0.2, 0.25) is 5.02 Å². The van der Waals surface area contributed by atoms with Crippen LogP contribution in [-0.4, -0.2) is 43.1 Å². The van der Waals surface area contributed by atoms with E-state index < -0.39 is 12.1 Å². The zero-order valence-electron chi connectivity index (χ0n) is 14.6. The minimum Gasteiger partial charge on any atom is -0.481 e. The summed E-state index contributed by atoms with van der Waals surface area (Å²) in [5.74, 6) is -0.517. The number of halogens is 1. The van der Waals surface area contributed by atoms with Crippen molar-refractivity contribution < 1.29 is 19.1 Å². The molecule has 7 heteroatoms. The van der Waals surface area contributed by atoms with Gasteiger partial charge in [-0.1, -0.05) is 35.9 Å². The first-order valence-electron chi connectivity index (χ1n) is 8.05. The second kappa shape index (κ2) is 9.07. The van der Waals surface area contributed by atoms with E-state index in [1.165, 1.54) is 11.8 Å². The highest BCUT2D eigenvalue weighted by molar-refractivity contribution is 6.35. The van der Waals surface area contributed by atoms with Gasteiger partial charge < -0.3 is 14.4 Å². The number of likely N-dealkylation sites (N-methyl/N-ethyl adjacent to an activating group) is 1. The second-order valence-electron chi connectivity index (χ2n) is 5.68. The summed E-state index contributed by atoms with van der Waals surface area (Å²) in [4.78, 5) is 25.4. The summed E-state index contributed by atoms with van der Waals surface area (Å²) in [6.45, 7) is 1.44. The molecule has 136 valence electrons. The molecular formula is C19H19ClN2O4. The fourth-order valence-corrected chi connectivity index (χ4v) is 2.64. The van der Waals surface area contributed by atoms with E-state index in [0.29, 0.717) is 10.8 Å². The molecule has 0 radical (unpaired) electrons. The topological polar surface area (TPSA) is 79.6 Å². The number of nitrogens with zero attached hydrogens (tertiary/aromatic N) is 2. The third-order valence-corrected chi connectivity index (χ3v) is 4.10. The van der Waals surface area contributed by atoms with E-state index in [1.54, 1.807) is 19.2 Å². The lowest BCUT2D eigenvalue weighted by Crippen LogP contribution is -2.38. The van der Waals surface area contributed by atoms with E-state index in [4.69, 9.17) is 26.3 Å². The van der Waals surface area contributed by atoms with Crippen LogP contribution in [0.3, 0.4) is 0 Å². The number of nitriles is 1. The van der Waals surface area contributed by atoms with Gasteiger partial charge in [-0.15, -0.1) is 0 Å². The maximum absolute atomic E-state index is 12.1. The number of ether oxygens (including phenoxy) is 2. The van der Waals surface area contributed by atoms with E-state index in [9.17, 15) is 9.59 Å². The van der Waals surface area contributed by atoms with Crippen LogP contribution in [0.15, 0.2) is 36.4 Å². The van der Waals surface area contributed by atoms with Crippen LogP contribution in [0.5, 0.6) is 5.75 Å². The molecule has 0 N–H and O–H groups in total. The van der Waals surface area contributed by atoms with Crippen LogP contribution in [0.25, 0.3) is 10.8 Å². The molecule has 0 heterocycles. The molecule has 0 fully saturated rings. The Morgan fingerprint density at radius 3 is 2.62 bits per heavy atom. The number of amides is 1. The van der Waals surface area contributed by atoms with Crippen molar-refractivity contribution in [1.82, 2.24) is 4.90 Å². The van der Waals surface area contributed by atoms with Crippen molar-refractivity contribution in [3.05, 3.63) is 41.4 Å². The van der Waals surface area contributed by atoms with Crippen LogP contribution in [0.1, 0.15) is 13.3 Å². The molecule has 0 saturated heterocycles. The van der Waals surface area contributed by atoms with Crippen molar-refractivity contribution in [3.8, 4) is 11.8 Å². The molecule has 2 rings (SSSR count). The first-order valence-corrected chi connectivity index (χ1v) is 8.43. The third-order valence-electron chi connectivity index (χ3n) is 3.77. The Bertz CT molecular complexity index is 847. The summed E-state index contributed by atoms with van der Waals surface area (Å²) in [6.07, 6.45) is -0.730. The molecule has 6 nitrogen and oxygen atoms in total. The van der Waals surface area contributed by atoms with Crippen LogP contribution < -0.4 is 4.74 Å². The largest absolute Gasteiger partial charge is 0.481 e. The van der Waals surface area contributed by atoms with E-state index >= 15 is 0 Å². The van der Waals surface area contributed by atoms with Gasteiger partial charge in [-0.25, -0.2) is 4.79 Å². The van der Waals surface area contributed by atoms with Gasteiger partial charge in [0.2, 0.25) is 0 Å². The average Bonchev–Trinajstić information content (AvgIpc) is 2.65. The highest BCUT2D eigenvalue weighted by Gasteiger charge is 2.21. The Kier molecular flexibility index (Phi) is 6.81. The summed E-state index contributed by atoms with van der Waals surface area (Å²) in [5.41, 5.74) is 0. The molecule has 0 aliphatic heterocycles. The summed E-state index contributed by atoms with van der Waals surface area (Å²) < 4.78 is 10.6. The maximum atomic E-state index is 12.1. The Morgan fingerprint density at radius 1 is 1.23 bits per heavy atom. The van der Waals surface area contributed by atoms with Crippen molar-refractivity contribution >= 4 is 34.2 Å². The number of rotatable bonds is 7. The average molecular weight is 375 g/mol. The molecule has 0 unspecified atom stereocenters. The van der Waals surface area contributed by atoms with Crippen molar-refractivity contribution in [2.45, 2.75) is 19.4 Å². The third kappa shape index (κ3) is 4.87. The first-order chi connectivity index (χ1) is 12.4. The van der Waals surface area contributed by atoms with E-state index in [2.05, 4.69) is 0 Å². The first kappa shape index (κ1) is 19.5. The summed E-state index contributed by atoms with van der Waals surface area (Å²) in [7, 11) is 1.56. The molecule has 0 aromatic heterocycles. The molecule has 26 heavy (non-hydrogen) atoms. The standard InChI is InChI=1S/C19H19ClN2O4/c1-13(19(24)22(2)11-5-10-21)26-18(23)12-25-17-9-8-16(20)14-6-3-4-7-15(14)17/h3-4,6-9,13H,5,11-12H2,1-2H3/t13-/m0/s1. The van der Waals surface area contributed by atoms with Gasteiger partial charge in [0.25, 0.3) is 5.91 Å². The number of hydrogen-bond donors (Lipinski definition) is 0. The summed E-state index contributed by atoms with van der Waals surface area (Å²) >= 11 is 6.15. The maximum Gasteiger partial charge on any atom is 0.344 e. The number of benzene rings is 2. The zero-order chi connectivity index (χ0) is 19.1. The summed E-state index contributed by atoms with van der Waals surface area (Å²) in [6, 6.07) is 12.8. The molecular weight excluding hydrogens is 356 g/mol. The highest BCUT2D eigenvalue weighted by Crippen LogP contribution is 2.31. The van der Waals surface area contributed by atoms with Crippen molar-refractivity contribution in [2.24, 2.45) is 0 Å². The number of fused-ring (bicyclic) bond motifs is 1. The smallest absolute Gasteiger partial charge is 0.344 e. The lowest BCUT2D eigenvalue weighted by Gasteiger charge is -2.20. The summed E-state index contributed by atoms with van der Waals surface area (Å²) in [5, 5.41) is 10.8. The van der Waals surface area contributed by atoms with E-state index in [0.717, 1.165) is 10.8 Å². The van der Waals surface area contributed by atoms with E-state index in [-0.39, 0.29) is 25.5 Å². The molecule has 0 spiro atoms. The van der Waals surface area contributed by atoms with Gasteiger partial charge >= 0.3 is 5.97 Å². The quantitative estimate of drug-likeness (QED) is 0.695. The lowest BCUT2D eigenvalue weighted by atomic mass is 10.1. The van der Waals surface area contributed by atoms with Gasteiger partial charge in [-0.2, -0.15) is 5.26 Å². The van der Waals surface area contributed by atoms with Gasteiger partial charge in [0.05, 0.1) is 12.5 Å². The van der Waals surface area contributed by atoms with Crippen LogP contribution in [0.4, 0.5) is 0 Å². The van der Waals surface area contributed by atoms with Gasteiger partial charge in [-0.05, 0) is 19.1 Å². The fourth-order valence-electron chi connectivity index (χ4n) is 2.42. The van der Waals surface area contributed by atoms with E-state index in [1.807, 2.05) is 30.3 Å². The van der Waals surface area contributed by atoms with Crippen LogP contribution >= 0.6 is 11.6 Å². The monoisotopic (exact) mass is 374 g/mol. The van der Waals surface area contributed by atoms with Crippen molar-refractivity contribution in [3.63, 3.8) is 0 Å². The molecule has 0 aliphatic carbocycles. The Balaban J connectivity index is 1.94. The molecule has 2 aromatic carbocycles. The minimum absolute atomic E-state index is 0.218. The minimum atomic E-state index is -0.947. The Labute approximate surface area is 156 Å². The number of carbonyl (C=O) groups excluding carboxylic acids is 2. The second-order valence-corrected chi connectivity index (χ2v) is 6.09. The number of carbonyl (C=O) groups is 2. The van der Waals surface area contributed by atoms with Gasteiger partial charge in [-0.3, -0.25) is 4.79 Å². The highest BCUT2D eigenvalue weighted by atomic mass is 35.5. The lowest BCUT2D eigenvalue weighted by molar-refractivity contribution is -0.160. The Hall–Kier alpha value is -2.78.